The van der Waals surface area contributed by atoms with Crippen LogP contribution in [0.15, 0.2) is 11.5 Å². The fraction of sp³-hybridized carbons (Fsp3) is 0.846. The van der Waals surface area contributed by atoms with Crippen molar-refractivity contribution in [1.82, 2.24) is 0 Å². The van der Waals surface area contributed by atoms with E-state index in [-0.39, 0.29) is 7.12 Å². The minimum Gasteiger partial charge on any atom is -0.405 e. The van der Waals surface area contributed by atoms with Gasteiger partial charge in [-0.1, -0.05) is 51.5 Å². The fourth-order valence-corrected chi connectivity index (χ4v) is 2.08. The van der Waals surface area contributed by atoms with E-state index in [1.165, 1.54) is 44.0 Å². The van der Waals surface area contributed by atoms with Gasteiger partial charge in [-0.15, -0.1) is 0 Å². The molecule has 0 aromatic heterocycles. The van der Waals surface area contributed by atoms with Crippen LogP contribution in [0.4, 0.5) is 0 Å². The van der Waals surface area contributed by atoms with Crippen molar-refractivity contribution < 1.29 is 9.31 Å². The predicted molar refractivity (Wildman–Crippen MR) is 69.4 cm³/mol. The summed E-state index contributed by atoms with van der Waals surface area (Å²) in [5, 5.41) is 0. The SMILES string of the molecule is CC=C(CCCCCCCC)B1OCCO1. The van der Waals surface area contributed by atoms with Crippen molar-refractivity contribution in [3.8, 4) is 0 Å². The zero-order valence-corrected chi connectivity index (χ0v) is 10.8. The van der Waals surface area contributed by atoms with Crippen LogP contribution in [0.25, 0.3) is 0 Å². The number of unbranched alkanes of at least 4 members (excludes halogenated alkanes) is 5. The fourth-order valence-electron chi connectivity index (χ4n) is 2.08. The van der Waals surface area contributed by atoms with Crippen LogP contribution >= 0.6 is 0 Å². The molecule has 1 aliphatic rings. The summed E-state index contributed by atoms with van der Waals surface area (Å²) >= 11 is 0. The third kappa shape index (κ3) is 5.17. The Kier molecular flexibility index (Phi) is 7.61. The van der Waals surface area contributed by atoms with Crippen LogP contribution in [-0.2, 0) is 9.31 Å². The van der Waals surface area contributed by atoms with Crippen molar-refractivity contribution in [2.75, 3.05) is 13.2 Å². The number of hydrogen-bond acceptors (Lipinski definition) is 2. The molecule has 0 bridgehead atoms. The van der Waals surface area contributed by atoms with Crippen molar-refractivity contribution in [2.45, 2.75) is 58.8 Å². The molecule has 2 nitrogen and oxygen atoms in total. The minimum absolute atomic E-state index is 0.0411. The number of allylic oxidation sites excluding steroid dienone is 2. The van der Waals surface area contributed by atoms with Crippen molar-refractivity contribution in [3.63, 3.8) is 0 Å². The van der Waals surface area contributed by atoms with Crippen LogP contribution < -0.4 is 0 Å². The third-order valence-corrected chi connectivity index (χ3v) is 3.11. The normalized spacial score (nSPS) is 17.1. The first kappa shape index (κ1) is 13.8. The Morgan fingerprint density at radius 1 is 1.06 bits per heavy atom. The van der Waals surface area contributed by atoms with E-state index in [4.69, 9.17) is 9.31 Å². The molecule has 0 aliphatic carbocycles. The number of hydrogen-bond donors (Lipinski definition) is 0. The van der Waals surface area contributed by atoms with Crippen LogP contribution in [0.5, 0.6) is 0 Å². The number of rotatable bonds is 8. The highest BCUT2D eigenvalue weighted by Gasteiger charge is 2.27. The molecule has 0 amide bonds. The first-order valence-electron chi connectivity index (χ1n) is 6.76. The molecule has 0 radical (unpaired) electrons. The van der Waals surface area contributed by atoms with Crippen LogP contribution in [0, 0.1) is 0 Å². The predicted octanol–water partition coefficient (Wildman–Crippen LogP) is 3.76. The molecule has 0 aromatic carbocycles. The van der Waals surface area contributed by atoms with Gasteiger partial charge < -0.3 is 9.31 Å². The zero-order valence-electron chi connectivity index (χ0n) is 10.8. The summed E-state index contributed by atoms with van der Waals surface area (Å²) in [7, 11) is -0.0411. The van der Waals surface area contributed by atoms with E-state index in [0.717, 1.165) is 19.6 Å². The smallest absolute Gasteiger partial charge is 0.405 e. The van der Waals surface area contributed by atoms with Gasteiger partial charge in [-0.3, -0.25) is 0 Å². The van der Waals surface area contributed by atoms with Crippen LogP contribution in [-0.4, -0.2) is 20.3 Å². The van der Waals surface area contributed by atoms with Gasteiger partial charge in [-0.25, -0.2) is 0 Å². The zero-order chi connectivity index (χ0) is 11.6. The molecule has 1 heterocycles. The van der Waals surface area contributed by atoms with E-state index in [0.29, 0.717) is 0 Å². The van der Waals surface area contributed by atoms with Gasteiger partial charge in [0.05, 0.1) is 13.2 Å². The molecule has 1 fully saturated rings. The van der Waals surface area contributed by atoms with Gasteiger partial charge >= 0.3 is 7.12 Å². The topological polar surface area (TPSA) is 18.5 Å². The Balaban J connectivity index is 2.05. The van der Waals surface area contributed by atoms with E-state index in [9.17, 15) is 0 Å². The lowest BCUT2D eigenvalue weighted by atomic mass is 9.75. The second-order valence-electron chi connectivity index (χ2n) is 4.45. The summed E-state index contributed by atoms with van der Waals surface area (Å²) in [5.41, 5.74) is 1.33. The summed E-state index contributed by atoms with van der Waals surface area (Å²) in [6, 6.07) is 0. The van der Waals surface area contributed by atoms with Gasteiger partial charge in [0, 0.05) is 0 Å². The van der Waals surface area contributed by atoms with E-state index in [2.05, 4.69) is 19.9 Å². The van der Waals surface area contributed by atoms with Crippen LogP contribution in [0.1, 0.15) is 58.8 Å². The Morgan fingerprint density at radius 3 is 2.31 bits per heavy atom. The molecule has 0 N–H and O–H groups in total. The van der Waals surface area contributed by atoms with E-state index >= 15 is 0 Å². The van der Waals surface area contributed by atoms with Gasteiger partial charge in [0.15, 0.2) is 0 Å². The first-order valence-corrected chi connectivity index (χ1v) is 6.76. The molecule has 1 saturated heterocycles. The monoisotopic (exact) mass is 224 g/mol. The van der Waals surface area contributed by atoms with Gasteiger partial charge in [0.1, 0.15) is 0 Å². The Labute approximate surface area is 101 Å². The van der Waals surface area contributed by atoms with E-state index in [1.807, 2.05) is 0 Å². The van der Waals surface area contributed by atoms with Gasteiger partial charge in [-0.2, -0.15) is 0 Å². The van der Waals surface area contributed by atoms with Crippen LogP contribution in [0.2, 0.25) is 0 Å². The first-order chi connectivity index (χ1) is 7.88. The van der Waals surface area contributed by atoms with E-state index in [1.54, 1.807) is 0 Å². The van der Waals surface area contributed by atoms with Gasteiger partial charge in [0.25, 0.3) is 0 Å². The van der Waals surface area contributed by atoms with Crippen LogP contribution in [0.3, 0.4) is 0 Å². The lowest BCUT2D eigenvalue weighted by Crippen LogP contribution is -2.18. The molecule has 0 atom stereocenters. The average Bonchev–Trinajstić information content (AvgIpc) is 2.82. The largest absolute Gasteiger partial charge is 0.489 e. The minimum atomic E-state index is -0.0411. The van der Waals surface area contributed by atoms with Crippen molar-refractivity contribution >= 4 is 7.12 Å². The maximum atomic E-state index is 5.51. The quantitative estimate of drug-likeness (QED) is 0.461. The Bertz CT molecular complexity index is 198. The second-order valence-corrected chi connectivity index (χ2v) is 4.45. The molecule has 0 aromatic rings. The second kappa shape index (κ2) is 8.83. The summed E-state index contributed by atoms with van der Waals surface area (Å²) in [6.07, 6.45) is 11.4. The molecular formula is C13H25BO2. The molecule has 0 spiro atoms. The standard InChI is InChI=1S/C13H25BO2/c1-3-5-6-7-8-9-10-13(4-2)14-15-11-12-16-14/h4H,3,5-12H2,1-2H3. The summed E-state index contributed by atoms with van der Waals surface area (Å²) in [6.45, 7) is 5.83. The molecule has 0 unspecified atom stereocenters. The molecule has 16 heavy (non-hydrogen) atoms. The summed E-state index contributed by atoms with van der Waals surface area (Å²) < 4.78 is 11.0. The Hall–Kier alpha value is -0.275. The highest BCUT2D eigenvalue weighted by molar-refractivity contribution is 6.54. The summed E-state index contributed by atoms with van der Waals surface area (Å²) in [4.78, 5) is 0. The maximum absolute atomic E-state index is 5.51. The molecule has 3 heteroatoms. The van der Waals surface area contributed by atoms with Crippen molar-refractivity contribution in [2.24, 2.45) is 0 Å². The molecule has 1 rings (SSSR count). The summed E-state index contributed by atoms with van der Waals surface area (Å²) in [5.74, 6) is 0. The molecule has 1 aliphatic heterocycles. The lowest BCUT2D eigenvalue weighted by Gasteiger charge is -2.09. The maximum Gasteiger partial charge on any atom is 0.489 e. The van der Waals surface area contributed by atoms with E-state index < -0.39 is 0 Å². The molecule has 0 saturated carbocycles. The highest BCUT2D eigenvalue weighted by atomic mass is 16.6. The van der Waals surface area contributed by atoms with Crippen molar-refractivity contribution in [1.29, 1.82) is 0 Å². The lowest BCUT2D eigenvalue weighted by molar-refractivity contribution is 0.365. The average molecular weight is 224 g/mol. The highest BCUT2D eigenvalue weighted by Crippen LogP contribution is 2.17. The molecule has 92 valence electrons. The van der Waals surface area contributed by atoms with Gasteiger partial charge in [0.2, 0.25) is 0 Å². The van der Waals surface area contributed by atoms with Crippen molar-refractivity contribution in [3.05, 3.63) is 11.5 Å². The third-order valence-electron chi connectivity index (χ3n) is 3.11. The Morgan fingerprint density at radius 2 is 1.69 bits per heavy atom. The molecular weight excluding hydrogens is 199 g/mol. The van der Waals surface area contributed by atoms with Gasteiger partial charge in [-0.05, 0) is 18.8 Å².